The fourth-order valence-corrected chi connectivity index (χ4v) is 2.50. The summed E-state index contributed by atoms with van der Waals surface area (Å²) in [7, 11) is 1.78. The highest BCUT2D eigenvalue weighted by atomic mass is 19.1. The van der Waals surface area contributed by atoms with Crippen LogP contribution in [0.15, 0.2) is 48.7 Å². The van der Waals surface area contributed by atoms with E-state index in [2.05, 4.69) is 0 Å². The fourth-order valence-electron chi connectivity index (χ4n) is 2.50. The maximum Gasteiger partial charge on any atom is 0.340 e. The van der Waals surface area contributed by atoms with Crippen molar-refractivity contribution >= 4 is 22.7 Å². The fraction of sp³-hybridized carbons (Fsp3) is 0.111. The van der Waals surface area contributed by atoms with Gasteiger partial charge in [0.25, 0.3) is 0 Å². The molecule has 0 atom stereocenters. The third-order valence-electron chi connectivity index (χ3n) is 3.68. The van der Waals surface area contributed by atoms with Crippen LogP contribution in [0.4, 0.5) is 8.78 Å². The van der Waals surface area contributed by atoms with Crippen molar-refractivity contribution in [2.24, 2.45) is 7.05 Å². The van der Waals surface area contributed by atoms with Gasteiger partial charge in [0.05, 0.1) is 11.1 Å². The highest BCUT2D eigenvalue weighted by Gasteiger charge is 2.18. The Labute approximate surface area is 136 Å². The van der Waals surface area contributed by atoms with Gasteiger partial charge in [-0.2, -0.15) is 0 Å². The van der Waals surface area contributed by atoms with Crippen molar-refractivity contribution in [2.45, 2.75) is 0 Å². The average molecular weight is 329 g/mol. The molecule has 0 fully saturated rings. The minimum absolute atomic E-state index is 0.306. The minimum atomic E-state index is -0.859. The summed E-state index contributed by atoms with van der Waals surface area (Å²) >= 11 is 0. The second-order valence-corrected chi connectivity index (χ2v) is 5.29. The van der Waals surface area contributed by atoms with E-state index >= 15 is 0 Å². The number of halogens is 2. The molecule has 0 spiro atoms. The van der Waals surface area contributed by atoms with Gasteiger partial charge >= 0.3 is 5.97 Å². The van der Waals surface area contributed by atoms with E-state index in [-0.39, 0.29) is 0 Å². The number of aryl methyl sites for hydroxylation is 1. The number of carbonyl (C=O) groups is 2. The number of aromatic nitrogens is 1. The number of rotatable bonds is 4. The van der Waals surface area contributed by atoms with Crippen LogP contribution in [0.2, 0.25) is 0 Å². The summed E-state index contributed by atoms with van der Waals surface area (Å²) in [6, 6.07) is 9.78. The molecule has 1 aromatic heterocycles. The first-order valence-corrected chi connectivity index (χ1v) is 7.17. The van der Waals surface area contributed by atoms with Crippen molar-refractivity contribution < 1.29 is 23.1 Å². The number of fused-ring (bicyclic) bond motifs is 1. The first kappa shape index (κ1) is 15.9. The third-order valence-corrected chi connectivity index (χ3v) is 3.68. The van der Waals surface area contributed by atoms with Gasteiger partial charge in [-0.1, -0.05) is 18.2 Å². The number of nitrogens with zero attached hydrogens (tertiary/aromatic N) is 1. The van der Waals surface area contributed by atoms with Gasteiger partial charge in [0.1, 0.15) is 11.6 Å². The Morgan fingerprint density at radius 1 is 1.08 bits per heavy atom. The third kappa shape index (κ3) is 2.90. The number of carbonyl (C=O) groups excluding carboxylic acids is 2. The SMILES string of the molecule is Cn1cc(C(=O)OCC(=O)c2cc(F)ccc2F)c2ccccc21. The molecule has 0 aliphatic rings. The summed E-state index contributed by atoms with van der Waals surface area (Å²) in [4.78, 5) is 24.1. The Balaban J connectivity index is 1.78. The monoisotopic (exact) mass is 329 g/mol. The Hall–Kier alpha value is -3.02. The number of benzene rings is 2. The second-order valence-electron chi connectivity index (χ2n) is 5.29. The normalized spacial score (nSPS) is 10.8. The van der Waals surface area contributed by atoms with Gasteiger partial charge in [-0.25, -0.2) is 13.6 Å². The quantitative estimate of drug-likeness (QED) is 0.544. The number of hydrogen-bond donors (Lipinski definition) is 0. The summed E-state index contributed by atoms with van der Waals surface area (Å²) in [5, 5.41) is 0.689. The molecule has 2 aromatic carbocycles. The molecular weight excluding hydrogens is 316 g/mol. The van der Waals surface area contributed by atoms with Crippen LogP contribution in [-0.2, 0) is 11.8 Å². The predicted octanol–water partition coefficient (Wildman–Crippen LogP) is 3.50. The summed E-state index contributed by atoms with van der Waals surface area (Å²) in [6.45, 7) is -0.664. The summed E-state index contributed by atoms with van der Waals surface area (Å²) in [6.07, 6.45) is 1.60. The molecule has 0 unspecified atom stereocenters. The Kier molecular flexibility index (Phi) is 4.12. The molecule has 0 N–H and O–H groups in total. The number of para-hydroxylation sites is 1. The predicted molar refractivity (Wildman–Crippen MR) is 83.9 cm³/mol. The van der Waals surface area contributed by atoms with E-state index in [0.717, 1.165) is 23.7 Å². The van der Waals surface area contributed by atoms with Crippen LogP contribution in [0, 0.1) is 11.6 Å². The number of hydrogen-bond acceptors (Lipinski definition) is 3. The number of esters is 1. The summed E-state index contributed by atoms with van der Waals surface area (Å²) < 4.78 is 33.4. The van der Waals surface area contributed by atoms with Gasteiger partial charge < -0.3 is 9.30 Å². The van der Waals surface area contributed by atoms with E-state index in [4.69, 9.17) is 4.74 Å². The second kappa shape index (κ2) is 6.23. The highest BCUT2D eigenvalue weighted by molar-refractivity contribution is 6.05. The topological polar surface area (TPSA) is 48.3 Å². The van der Waals surface area contributed by atoms with E-state index in [0.29, 0.717) is 10.9 Å². The maximum atomic E-state index is 13.5. The summed E-state index contributed by atoms with van der Waals surface area (Å²) in [5.41, 5.74) is 0.702. The lowest BCUT2D eigenvalue weighted by Gasteiger charge is -2.05. The highest BCUT2D eigenvalue weighted by Crippen LogP contribution is 2.21. The molecule has 122 valence electrons. The van der Waals surface area contributed by atoms with Crippen molar-refractivity contribution in [3.05, 3.63) is 71.4 Å². The van der Waals surface area contributed by atoms with Crippen molar-refractivity contribution in [1.82, 2.24) is 4.57 Å². The van der Waals surface area contributed by atoms with Crippen LogP contribution < -0.4 is 0 Å². The van der Waals surface area contributed by atoms with Crippen molar-refractivity contribution in [2.75, 3.05) is 6.61 Å². The molecule has 0 aliphatic carbocycles. The maximum absolute atomic E-state index is 13.5. The summed E-state index contributed by atoms with van der Waals surface area (Å²) in [5.74, 6) is -3.10. The molecule has 3 rings (SSSR count). The number of ketones is 1. The van der Waals surface area contributed by atoms with E-state index in [1.54, 1.807) is 29.9 Å². The Morgan fingerprint density at radius 2 is 1.83 bits per heavy atom. The smallest absolute Gasteiger partial charge is 0.340 e. The first-order valence-electron chi connectivity index (χ1n) is 7.17. The van der Waals surface area contributed by atoms with Gasteiger partial charge in [0, 0.05) is 24.1 Å². The molecule has 0 amide bonds. The average Bonchev–Trinajstić information content (AvgIpc) is 2.92. The van der Waals surface area contributed by atoms with E-state index < -0.39 is 35.6 Å². The van der Waals surface area contributed by atoms with Gasteiger partial charge in [0.2, 0.25) is 5.78 Å². The molecular formula is C18H13F2NO3. The molecule has 1 heterocycles. The zero-order chi connectivity index (χ0) is 17.3. The van der Waals surface area contributed by atoms with Crippen molar-refractivity contribution in [1.29, 1.82) is 0 Å². The molecule has 0 bridgehead atoms. The van der Waals surface area contributed by atoms with E-state index in [1.165, 1.54) is 0 Å². The lowest BCUT2D eigenvalue weighted by molar-refractivity contribution is 0.0475. The molecule has 6 heteroatoms. The van der Waals surface area contributed by atoms with Crippen LogP contribution >= 0.6 is 0 Å². The van der Waals surface area contributed by atoms with Crippen LogP contribution in [0.3, 0.4) is 0 Å². The van der Waals surface area contributed by atoms with Crippen LogP contribution in [0.5, 0.6) is 0 Å². The van der Waals surface area contributed by atoms with Crippen LogP contribution in [-0.4, -0.2) is 22.9 Å². The largest absolute Gasteiger partial charge is 0.454 e. The standard InChI is InChI=1S/C18H13F2NO3/c1-21-9-14(12-4-2-3-5-16(12)21)18(23)24-10-17(22)13-8-11(19)6-7-15(13)20/h2-9H,10H2,1H3. The van der Waals surface area contributed by atoms with E-state index in [9.17, 15) is 18.4 Å². The molecule has 0 saturated carbocycles. The van der Waals surface area contributed by atoms with Crippen LogP contribution in [0.25, 0.3) is 10.9 Å². The number of ether oxygens (including phenoxy) is 1. The van der Waals surface area contributed by atoms with Crippen molar-refractivity contribution in [3.8, 4) is 0 Å². The zero-order valence-electron chi connectivity index (χ0n) is 12.8. The van der Waals surface area contributed by atoms with Gasteiger partial charge in [0.15, 0.2) is 6.61 Å². The van der Waals surface area contributed by atoms with Gasteiger partial charge in [-0.3, -0.25) is 4.79 Å². The van der Waals surface area contributed by atoms with Gasteiger partial charge in [-0.15, -0.1) is 0 Å². The molecule has 0 saturated heterocycles. The van der Waals surface area contributed by atoms with Crippen molar-refractivity contribution in [3.63, 3.8) is 0 Å². The number of Topliss-reactive ketones (excluding diaryl/α,β-unsaturated/α-hetero) is 1. The lowest BCUT2D eigenvalue weighted by atomic mass is 10.1. The zero-order valence-corrected chi connectivity index (χ0v) is 12.8. The Bertz CT molecular complexity index is 947. The molecule has 0 aliphatic heterocycles. The van der Waals surface area contributed by atoms with E-state index in [1.807, 2.05) is 12.1 Å². The Morgan fingerprint density at radius 3 is 2.62 bits per heavy atom. The van der Waals surface area contributed by atoms with Crippen LogP contribution in [0.1, 0.15) is 20.7 Å². The first-order chi connectivity index (χ1) is 11.5. The molecule has 0 radical (unpaired) electrons. The minimum Gasteiger partial charge on any atom is -0.454 e. The molecule has 24 heavy (non-hydrogen) atoms. The lowest BCUT2D eigenvalue weighted by Crippen LogP contribution is -2.15. The molecule has 4 nitrogen and oxygen atoms in total. The van der Waals surface area contributed by atoms with Gasteiger partial charge in [-0.05, 0) is 24.3 Å². The molecule has 3 aromatic rings.